The fraction of sp³-hybridized carbons (Fsp3) is 0.660. The molecule has 1 saturated heterocycles. The van der Waals surface area contributed by atoms with E-state index in [0.717, 1.165) is 4.57 Å². The number of nitrogens with zero attached hydrogens (tertiary/aromatic N) is 3. The van der Waals surface area contributed by atoms with Crippen LogP contribution in [0.2, 0.25) is 18.1 Å². The van der Waals surface area contributed by atoms with E-state index in [2.05, 4.69) is 25.8 Å². The van der Waals surface area contributed by atoms with Gasteiger partial charge in [-0.1, -0.05) is 59.7 Å². The molecule has 2 aliphatic heterocycles. The number of hydrogen-bond donors (Lipinski definition) is 0. The number of Topliss-reactive ketones (excluding diaryl/α,β-unsaturated/α-hetero) is 2. The predicted octanol–water partition coefficient (Wildman–Crippen LogP) is 7.43. The van der Waals surface area contributed by atoms with E-state index in [0.29, 0.717) is 12.0 Å². The number of carbonyl (C=O) groups is 5. The smallest absolute Gasteiger partial charge is 0.420 e. The van der Waals surface area contributed by atoms with Crippen LogP contribution in [-0.4, -0.2) is 128 Å². The number of benzene rings is 1. The van der Waals surface area contributed by atoms with Crippen molar-refractivity contribution in [2.75, 3.05) is 27.8 Å². The van der Waals surface area contributed by atoms with Crippen LogP contribution in [0, 0.1) is 17.8 Å². The van der Waals surface area contributed by atoms with Crippen LogP contribution in [0.25, 0.3) is 0 Å². The molecule has 1 unspecified atom stereocenters. The number of carbonyl (C=O) groups excluding carboxylic acids is 5. The number of rotatable bonds is 11. The first-order chi connectivity index (χ1) is 29.3. The second-order valence-electron chi connectivity index (χ2n) is 19.3. The molecule has 0 amide bonds. The van der Waals surface area contributed by atoms with Gasteiger partial charge in [0.1, 0.15) is 18.3 Å². The third kappa shape index (κ3) is 12.0. The van der Waals surface area contributed by atoms with Gasteiger partial charge in [0.15, 0.2) is 37.9 Å². The third-order valence-electron chi connectivity index (χ3n) is 13.2. The molecule has 16 heteroatoms. The Balaban J connectivity index is 1.86. The molecule has 3 heterocycles. The average Bonchev–Trinajstić information content (AvgIpc) is 3.78. The fourth-order valence-corrected chi connectivity index (χ4v) is 9.20. The number of allylic oxidation sites excluding steroid dienone is 1. The number of aromatic nitrogens is 2. The summed E-state index contributed by atoms with van der Waals surface area (Å²) in [5.41, 5.74) is -2.62. The standard InChI is InChI=1S/C47H71N3O12Si/c1-16-36-47(27-57-63(14,15)45(7,8)9,62-44(55)50-23-22-48-28-50)26-30(3)37(51)29(2)25-46(10,56-13)40(32(5)38(52)33(6)41(53)59-36)61-43-39(35(49(11)12)24-31(4)58-43)60-42(54)34-20-18-17-19-21-34/h17-23,26,28-29,31-33,35-36,39-40,43H,16,24-25,27H2,1-15H3/t29-,31-,32+,33-,35+,36-,39-,40-,43?,46+,47-/m1/s1. The molecule has 0 spiro atoms. The predicted molar refractivity (Wildman–Crippen MR) is 238 cm³/mol. The van der Waals surface area contributed by atoms with Gasteiger partial charge in [-0.25, -0.2) is 19.1 Å². The zero-order valence-corrected chi connectivity index (χ0v) is 41.0. The highest BCUT2D eigenvalue weighted by atomic mass is 28.4. The van der Waals surface area contributed by atoms with E-state index < -0.39 is 85.7 Å². The van der Waals surface area contributed by atoms with Crippen LogP contribution in [0.15, 0.2) is 60.7 Å². The second-order valence-corrected chi connectivity index (χ2v) is 24.1. The summed E-state index contributed by atoms with van der Waals surface area (Å²) in [4.78, 5) is 77.2. The lowest BCUT2D eigenvalue weighted by atomic mass is 9.77. The normalized spacial score (nSPS) is 31.8. The van der Waals surface area contributed by atoms with Crippen molar-refractivity contribution in [3.63, 3.8) is 0 Å². The van der Waals surface area contributed by atoms with Crippen LogP contribution >= 0.6 is 0 Å². The largest absolute Gasteiger partial charge is 0.457 e. The van der Waals surface area contributed by atoms with Gasteiger partial charge in [0.25, 0.3) is 0 Å². The number of ketones is 2. The minimum absolute atomic E-state index is 0.0436. The Morgan fingerprint density at radius 2 is 1.70 bits per heavy atom. The highest BCUT2D eigenvalue weighted by Crippen LogP contribution is 2.41. The Morgan fingerprint density at radius 3 is 2.25 bits per heavy atom. The molecule has 0 bridgehead atoms. The minimum Gasteiger partial charge on any atom is -0.457 e. The monoisotopic (exact) mass is 897 g/mol. The Kier molecular flexibility index (Phi) is 17.1. The molecular weight excluding hydrogens is 827 g/mol. The topological polar surface area (TPSA) is 171 Å². The molecule has 2 aliphatic rings. The number of cyclic esters (lactones) is 1. The second kappa shape index (κ2) is 20.8. The molecule has 1 aromatic carbocycles. The summed E-state index contributed by atoms with van der Waals surface area (Å²) in [6, 6.07) is 8.25. The SMILES string of the molecule is CC[C@H]1OC(=O)[C@H](C)C(=O)[C@H](C)[C@@H](OC2O[C@H](C)C[C@H](N(C)C)[C@H]2OC(=O)c2ccccc2)[C@@](C)(OC)C[C@@H](C)C(=O)C(C)=C[C@]1(CO[Si](C)(C)C(C)(C)C)OC(=O)n1ccnc1. The van der Waals surface area contributed by atoms with Crippen molar-refractivity contribution in [2.45, 2.75) is 155 Å². The molecule has 1 fully saturated rings. The summed E-state index contributed by atoms with van der Waals surface area (Å²) >= 11 is 0. The summed E-state index contributed by atoms with van der Waals surface area (Å²) < 4.78 is 46.2. The summed E-state index contributed by atoms with van der Waals surface area (Å²) in [6.07, 6.45) is 0.672. The van der Waals surface area contributed by atoms with E-state index in [9.17, 15) is 24.0 Å². The number of likely N-dealkylation sites (N-methyl/N-ethyl adjacent to an activating group) is 1. The van der Waals surface area contributed by atoms with Gasteiger partial charge >= 0.3 is 18.0 Å². The lowest BCUT2D eigenvalue weighted by molar-refractivity contribution is -0.294. The molecule has 0 N–H and O–H groups in total. The zero-order chi connectivity index (χ0) is 47.2. The summed E-state index contributed by atoms with van der Waals surface area (Å²) in [6.45, 7) is 21.9. The highest BCUT2D eigenvalue weighted by molar-refractivity contribution is 6.74. The molecule has 2 aromatic rings. The van der Waals surface area contributed by atoms with Gasteiger partial charge in [-0.2, -0.15) is 0 Å². The van der Waals surface area contributed by atoms with Gasteiger partial charge in [0.2, 0.25) is 0 Å². The van der Waals surface area contributed by atoms with Crippen LogP contribution in [0.1, 0.15) is 98.9 Å². The van der Waals surface area contributed by atoms with Crippen molar-refractivity contribution in [3.05, 3.63) is 66.3 Å². The number of imidazole rings is 1. The van der Waals surface area contributed by atoms with Crippen LogP contribution in [0.4, 0.5) is 4.79 Å². The van der Waals surface area contributed by atoms with Gasteiger partial charge in [-0.05, 0) is 103 Å². The minimum atomic E-state index is -2.57. The molecule has 0 saturated carbocycles. The van der Waals surface area contributed by atoms with Crippen molar-refractivity contribution < 1.29 is 56.8 Å². The Labute approximate surface area is 374 Å². The molecule has 1 aromatic heterocycles. The third-order valence-corrected chi connectivity index (χ3v) is 17.7. The molecule has 11 atom stereocenters. The molecule has 4 rings (SSSR count). The molecular formula is C47H71N3O12Si. The maximum atomic E-state index is 14.8. The van der Waals surface area contributed by atoms with Crippen LogP contribution in [-0.2, 0) is 47.2 Å². The first kappa shape index (κ1) is 51.6. The zero-order valence-electron chi connectivity index (χ0n) is 40.0. The number of ether oxygens (including phenoxy) is 6. The van der Waals surface area contributed by atoms with Crippen molar-refractivity contribution in [3.8, 4) is 0 Å². The maximum absolute atomic E-state index is 14.8. The van der Waals surface area contributed by atoms with Gasteiger partial charge in [-0.15, -0.1) is 0 Å². The van der Waals surface area contributed by atoms with Crippen LogP contribution in [0.5, 0.6) is 0 Å². The molecule has 0 radical (unpaired) electrons. The molecule has 15 nitrogen and oxygen atoms in total. The Bertz CT molecular complexity index is 1930. The maximum Gasteiger partial charge on any atom is 0.420 e. The summed E-state index contributed by atoms with van der Waals surface area (Å²) in [5.74, 6) is -5.46. The fourth-order valence-electron chi connectivity index (χ4n) is 8.18. The molecule has 0 aliphatic carbocycles. The van der Waals surface area contributed by atoms with E-state index in [1.807, 2.05) is 39.0 Å². The first-order valence-electron chi connectivity index (χ1n) is 21.9. The number of methoxy groups -OCH3 is 1. The lowest BCUT2D eigenvalue weighted by Crippen LogP contribution is -2.60. The van der Waals surface area contributed by atoms with Crippen molar-refractivity contribution >= 4 is 37.9 Å². The Hall–Kier alpha value is -4.06. The Morgan fingerprint density at radius 1 is 1.05 bits per heavy atom. The van der Waals surface area contributed by atoms with Crippen molar-refractivity contribution in [2.24, 2.45) is 17.8 Å². The van der Waals surface area contributed by atoms with E-state index in [-0.39, 0.29) is 48.0 Å². The van der Waals surface area contributed by atoms with Crippen molar-refractivity contribution in [1.29, 1.82) is 0 Å². The number of esters is 2. The van der Waals surface area contributed by atoms with Gasteiger partial charge in [0, 0.05) is 31.3 Å². The van der Waals surface area contributed by atoms with Crippen molar-refractivity contribution in [1.82, 2.24) is 14.5 Å². The highest BCUT2D eigenvalue weighted by Gasteiger charge is 2.53. The quantitative estimate of drug-likeness (QED) is 0.0944. The van der Waals surface area contributed by atoms with Crippen LogP contribution < -0.4 is 0 Å². The van der Waals surface area contributed by atoms with Gasteiger partial charge in [0.05, 0.1) is 36.0 Å². The summed E-state index contributed by atoms with van der Waals surface area (Å²) in [7, 11) is 2.66. The summed E-state index contributed by atoms with van der Waals surface area (Å²) in [5, 5.41) is -0.260. The first-order valence-corrected chi connectivity index (χ1v) is 24.8. The van der Waals surface area contributed by atoms with E-state index in [1.165, 1.54) is 38.8 Å². The van der Waals surface area contributed by atoms with E-state index in [1.54, 1.807) is 65.0 Å². The van der Waals surface area contributed by atoms with Crippen LogP contribution in [0.3, 0.4) is 0 Å². The molecule has 350 valence electrons. The number of hydrogen-bond acceptors (Lipinski definition) is 14. The molecule has 63 heavy (non-hydrogen) atoms. The van der Waals surface area contributed by atoms with E-state index in [4.69, 9.17) is 32.8 Å². The van der Waals surface area contributed by atoms with E-state index >= 15 is 0 Å². The average molecular weight is 898 g/mol. The van der Waals surface area contributed by atoms with Gasteiger partial charge < -0.3 is 37.7 Å². The van der Waals surface area contributed by atoms with Gasteiger partial charge in [-0.3, -0.25) is 14.4 Å². The lowest BCUT2D eigenvalue weighted by Gasteiger charge is -2.47.